The van der Waals surface area contributed by atoms with Crippen LogP contribution >= 0.6 is 0 Å². The van der Waals surface area contributed by atoms with Gasteiger partial charge in [-0.1, -0.05) is 19.4 Å². The first-order valence-electron chi connectivity index (χ1n) is 8.67. The molecule has 0 saturated carbocycles. The highest BCUT2D eigenvalue weighted by Gasteiger charge is 2.14. The van der Waals surface area contributed by atoms with Crippen molar-refractivity contribution in [1.82, 2.24) is 4.98 Å². The zero-order chi connectivity index (χ0) is 18.7. The molecule has 0 saturated heterocycles. The van der Waals surface area contributed by atoms with Gasteiger partial charge in [0.2, 0.25) is 0 Å². The van der Waals surface area contributed by atoms with Crippen molar-refractivity contribution in [2.45, 2.75) is 26.2 Å². The maximum atomic E-state index is 9.64. The van der Waals surface area contributed by atoms with Crippen LogP contribution in [0.5, 0.6) is 17.2 Å². The van der Waals surface area contributed by atoms with Gasteiger partial charge in [-0.15, -0.1) is 0 Å². The first-order chi connectivity index (χ1) is 12.6. The van der Waals surface area contributed by atoms with E-state index in [4.69, 9.17) is 15.2 Å². The van der Waals surface area contributed by atoms with Crippen molar-refractivity contribution >= 4 is 16.5 Å². The lowest BCUT2D eigenvalue weighted by molar-refractivity contribution is 0.356. The number of fused-ring (bicyclic) bond motifs is 1. The van der Waals surface area contributed by atoms with Gasteiger partial charge < -0.3 is 20.3 Å². The van der Waals surface area contributed by atoms with Crippen LogP contribution in [0.1, 0.15) is 30.2 Å². The molecule has 3 aromatic rings. The lowest BCUT2D eigenvalue weighted by Crippen LogP contribution is -2.00. The number of hydrogen-bond donors (Lipinski definition) is 2. The molecule has 26 heavy (non-hydrogen) atoms. The summed E-state index contributed by atoms with van der Waals surface area (Å²) in [5.41, 5.74) is 9.35. The van der Waals surface area contributed by atoms with E-state index in [1.165, 1.54) is 0 Å². The quantitative estimate of drug-likeness (QED) is 0.516. The third-order valence-corrected chi connectivity index (χ3v) is 4.53. The Balaban J connectivity index is 2.15. The highest BCUT2D eigenvalue weighted by atomic mass is 16.5. The summed E-state index contributed by atoms with van der Waals surface area (Å²) in [7, 11) is 3.28. The molecule has 1 heterocycles. The fraction of sp³-hybridized carbons (Fsp3) is 0.286. The molecule has 1 aromatic heterocycles. The number of nitrogens with zero attached hydrogens (tertiary/aromatic N) is 1. The number of aryl methyl sites for hydroxylation is 1. The number of benzene rings is 2. The van der Waals surface area contributed by atoms with Crippen molar-refractivity contribution in [3.8, 4) is 17.2 Å². The van der Waals surface area contributed by atoms with Crippen molar-refractivity contribution in [1.29, 1.82) is 0 Å². The predicted molar refractivity (Wildman–Crippen MR) is 104 cm³/mol. The van der Waals surface area contributed by atoms with E-state index >= 15 is 0 Å². The monoisotopic (exact) mass is 352 g/mol. The molecular weight excluding hydrogens is 328 g/mol. The van der Waals surface area contributed by atoms with Gasteiger partial charge in [-0.3, -0.25) is 4.98 Å². The zero-order valence-electron chi connectivity index (χ0n) is 15.4. The molecule has 5 heteroatoms. The van der Waals surface area contributed by atoms with Gasteiger partial charge in [-0.25, -0.2) is 0 Å². The molecule has 0 aliphatic heterocycles. The summed E-state index contributed by atoms with van der Waals surface area (Å²) in [5.74, 6) is 1.49. The molecule has 3 rings (SSSR count). The number of phenolic OH excluding ortho intramolecular Hbond substituents is 1. The van der Waals surface area contributed by atoms with E-state index in [2.05, 4.69) is 11.9 Å². The number of methoxy groups -OCH3 is 2. The summed E-state index contributed by atoms with van der Waals surface area (Å²) in [6, 6.07) is 9.30. The van der Waals surface area contributed by atoms with Crippen molar-refractivity contribution in [2.75, 3.05) is 20.0 Å². The lowest BCUT2D eigenvalue weighted by Gasteiger charge is -2.15. The number of anilines is 1. The minimum atomic E-state index is 0.0985. The van der Waals surface area contributed by atoms with Gasteiger partial charge in [0.1, 0.15) is 5.75 Å². The molecular formula is C21H24N2O3. The molecule has 2 aromatic carbocycles. The number of pyridine rings is 1. The van der Waals surface area contributed by atoms with E-state index in [1.807, 2.05) is 24.4 Å². The van der Waals surface area contributed by atoms with Crippen LogP contribution in [0.4, 0.5) is 5.69 Å². The number of nitrogen functional groups attached to an aromatic ring is 1. The second-order valence-corrected chi connectivity index (χ2v) is 6.30. The highest BCUT2D eigenvalue weighted by Crippen LogP contribution is 2.36. The van der Waals surface area contributed by atoms with Crippen molar-refractivity contribution in [3.05, 3.63) is 53.3 Å². The molecule has 0 spiro atoms. The number of phenols is 1. The zero-order valence-corrected chi connectivity index (χ0v) is 15.4. The van der Waals surface area contributed by atoms with Gasteiger partial charge >= 0.3 is 0 Å². The number of aromatic hydroxyl groups is 1. The summed E-state index contributed by atoms with van der Waals surface area (Å²) < 4.78 is 11.0. The van der Waals surface area contributed by atoms with Crippen molar-refractivity contribution in [2.24, 2.45) is 0 Å². The first kappa shape index (κ1) is 17.9. The third kappa shape index (κ3) is 3.38. The van der Waals surface area contributed by atoms with Crippen LogP contribution in [0.3, 0.4) is 0 Å². The summed E-state index contributed by atoms with van der Waals surface area (Å²) in [6.07, 6.45) is 4.50. The van der Waals surface area contributed by atoms with E-state index in [0.29, 0.717) is 23.6 Å². The number of ether oxygens (including phenoxy) is 2. The normalized spacial score (nSPS) is 10.9. The maximum absolute atomic E-state index is 9.64. The van der Waals surface area contributed by atoms with Crippen LogP contribution in [0.25, 0.3) is 10.8 Å². The third-order valence-electron chi connectivity index (χ3n) is 4.53. The Morgan fingerprint density at radius 1 is 1.04 bits per heavy atom. The average molecular weight is 352 g/mol. The van der Waals surface area contributed by atoms with E-state index in [1.54, 1.807) is 26.4 Å². The molecule has 136 valence electrons. The second kappa shape index (κ2) is 7.52. The minimum Gasteiger partial charge on any atom is -0.506 e. The molecule has 3 N–H and O–H groups in total. The number of aromatic nitrogens is 1. The Morgan fingerprint density at radius 3 is 2.35 bits per heavy atom. The summed E-state index contributed by atoms with van der Waals surface area (Å²) in [4.78, 5) is 4.69. The minimum absolute atomic E-state index is 0.0985. The van der Waals surface area contributed by atoms with Crippen LogP contribution in [0.15, 0.2) is 36.5 Å². The maximum Gasteiger partial charge on any atom is 0.161 e. The van der Waals surface area contributed by atoms with Crippen LogP contribution in [0.2, 0.25) is 0 Å². The van der Waals surface area contributed by atoms with Gasteiger partial charge in [0, 0.05) is 17.3 Å². The topological polar surface area (TPSA) is 77.6 Å². The van der Waals surface area contributed by atoms with Crippen LogP contribution < -0.4 is 15.2 Å². The smallest absolute Gasteiger partial charge is 0.161 e. The summed E-state index contributed by atoms with van der Waals surface area (Å²) >= 11 is 0. The molecule has 0 bridgehead atoms. The Hall–Kier alpha value is -2.95. The molecule has 0 amide bonds. The Morgan fingerprint density at radius 2 is 1.73 bits per heavy atom. The van der Waals surface area contributed by atoms with E-state index < -0.39 is 0 Å². The SMILES string of the molecule is CCCc1ncc(Cc2ccc(O)c(N)c2)c2cc(OC)c(OC)cc12. The van der Waals surface area contributed by atoms with E-state index in [-0.39, 0.29) is 5.75 Å². The Bertz CT molecular complexity index is 938. The van der Waals surface area contributed by atoms with Gasteiger partial charge in [0.25, 0.3) is 0 Å². The number of nitrogens with two attached hydrogens (primary N) is 1. The average Bonchev–Trinajstić information content (AvgIpc) is 2.65. The molecule has 0 radical (unpaired) electrons. The van der Waals surface area contributed by atoms with Crippen molar-refractivity contribution < 1.29 is 14.6 Å². The van der Waals surface area contributed by atoms with E-state index in [0.717, 1.165) is 40.4 Å². The first-order valence-corrected chi connectivity index (χ1v) is 8.67. The van der Waals surface area contributed by atoms with Crippen LogP contribution in [-0.4, -0.2) is 24.3 Å². The molecule has 0 fully saturated rings. The van der Waals surface area contributed by atoms with Crippen LogP contribution in [0, 0.1) is 0 Å². The van der Waals surface area contributed by atoms with Gasteiger partial charge in [0.15, 0.2) is 11.5 Å². The van der Waals surface area contributed by atoms with E-state index in [9.17, 15) is 5.11 Å². The van der Waals surface area contributed by atoms with Gasteiger partial charge in [-0.2, -0.15) is 0 Å². The van der Waals surface area contributed by atoms with Crippen LogP contribution in [-0.2, 0) is 12.8 Å². The standard InChI is InChI=1S/C21H24N2O3/c1-4-5-18-16-11-21(26-3)20(25-2)10-15(16)14(12-23-18)8-13-6-7-19(24)17(22)9-13/h6-7,9-12,24H,4-5,8,22H2,1-3H3. The Labute approximate surface area is 153 Å². The molecule has 0 aliphatic carbocycles. The second-order valence-electron chi connectivity index (χ2n) is 6.30. The summed E-state index contributed by atoms with van der Waals surface area (Å²) in [5, 5.41) is 11.8. The van der Waals surface area contributed by atoms with Gasteiger partial charge in [0.05, 0.1) is 19.9 Å². The highest BCUT2D eigenvalue weighted by molar-refractivity contribution is 5.91. The number of hydrogen-bond acceptors (Lipinski definition) is 5. The molecule has 5 nitrogen and oxygen atoms in total. The van der Waals surface area contributed by atoms with Crippen molar-refractivity contribution in [3.63, 3.8) is 0 Å². The number of rotatable bonds is 6. The molecule has 0 unspecified atom stereocenters. The Kier molecular flexibility index (Phi) is 5.16. The fourth-order valence-corrected chi connectivity index (χ4v) is 3.19. The lowest BCUT2D eigenvalue weighted by atomic mass is 9.97. The molecule has 0 aliphatic rings. The largest absolute Gasteiger partial charge is 0.506 e. The fourth-order valence-electron chi connectivity index (χ4n) is 3.19. The molecule has 0 atom stereocenters. The van der Waals surface area contributed by atoms with Gasteiger partial charge in [-0.05, 0) is 53.6 Å². The summed E-state index contributed by atoms with van der Waals surface area (Å²) in [6.45, 7) is 2.14. The predicted octanol–water partition coefficient (Wildman–Crippen LogP) is 4.08.